The molecule has 2 aliphatic heterocycles. The van der Waals surface area contributed by atoms with Crippen LogP contribution in [0.4, 0.5) is 0 Å². The minimum Gasteiger partial charge on any atom is -0.424 e. The summed E-state index contributed by atoms with van der Waals surface area (Å²) >= 11 is 0. The van der Waals surface area contributed by atoms with Gasteiger partial charge in [0, 0.05) is 19.0 Å². The van der Waals surface area contributed by atoms with E-state index in [1.165, 1.54) is 31.2 Å². The number of aromatic nitrogens is 2. The maximum Gasteiger partial charge on any atom is 0.233 e. The molecule has 27 heavy (non-hydrogen) atoms. The largest absolute Gasteiger partial charge is 0.424 e. The fourth-order valence-electron chi connectivity index (χ4n) is 4.48. The molecule has 3 fully saturated rings. The maximum atomic E-state index is 6.10. The monoisotopic (exact) mass is 368 g/mol. The molecule has 2 saturated heterocycles. The van der Waals surface area contributed by atoms with Crippen molar-refractivity contribution >= 4 is 0 Å². The van der Waals surface area contributed by atoms with Crippen molar-refractivity contribution in [1.82, 2.24) is 20.2 Å². The summed E-state index contributed by atoms with van der Waals surface area (Å²) in [5, 5.41) is 10.8. The lowest BCUT2D eigenvalue weighted by Gasteiger charge is -2.28. The van der Waals surface area contributed by atoms with Gasteiger partial charge in [0.1, 0.15) is 0 Å². The molecule has 2 bridgehead atoms. The van der Waals surface area contributed by atoms with Crippen LogP contribution < -0.4 is 0 Å². The molecule has 1 aliphatic carbocycles. The quantitative estimate of drug-likeness (QED) is 0.743. The summed E-state index contributed by atoms with van der Waals surface area (Å²) in [6.45, 7) is 2.45. The van der Waals surface area contributed by atoms with Crippen molar-refractivity contribution in [2.75, 3.05) is 13.2 Å². The Morgan fingerprint density at radius 2 is 1.96 bits per heavy atom. The highest BCUT2D eigenvalue weighted by atomic mass is 16.7. The predicted molar refractivity (Wildman–Crippen MR) is 100 cm³/mol. The molecule has 0 N–H and O–H groups in total. The number of aryl methyl sites for hydroxylation is 1. The van der Waals surface area contributed by atoms with E-state index in [1.54, 1.807) is 0 Å². The summed E-state index contributed by atoms with van der Waals surface area (Å²) in [4.78, 5) is 8.52. The predicted octanol–water partition coefficient (Wildman–Crippen LogP) is 3.71. The number of nitrogens with zero attached hydrogens (tertiary/aromatic N) is 4. The van der Waals surface area contributed by atoms with Crippen LogP contribution in [-0.2, 0) is 17.9 Å². The van der Waals surface area contributed by atoms with Gasteiger partial charge < -0.3 is 4.42 Å². The van der Waals surface area contributed by atoms with Gasteiger partial charge in [0.05, 0.1) is 19.3 Å². The van der Waals surface area contributed by atoms with Gasteiger partial charge in [0.15, 0.2) is 0 Å². The van der Waals surface area contributed by atoms with Gasteiger partial charge in [-0.2, -0.15) is 5.06 Å². The average Bonchev–Trinajstić information content (AvgIpc) is 3.25. The molecule has 0 spiro atoms. The molecule has 3 atom stereocenters. The minimum atomic E-state index is 0.233. The Hall–Kier alpha value is -1.76. The van der Waals surface area contributed by atoms with Gasteiger partial charge in [-0.05, 0) is 30.7 Å². The SMILES string of the molecule is c1ccc(CON2CN3C[C@H]2CC[C@H]3c2nnc(CCC3CCC3)o2)cc1. The number of fused-ring (bicyclic) bond motifs is 2. The van der Waals surface area contributed by atoms with Gasteiger partial charge in [0.2, 0.25) is 11.8 Å². The van der Waals surface area contributed by atoms with E-state index in [9.17, 15) is 0 Å². The Morgan fingerprint density at radius 3 is 2.78 bits per heavy atom. The molecule has 6 nitrogen and oxygen atoms in total. The van der Waals surface area contributed by atoms with Crippen LogP contribution in [0.3, 0.4) is 0 Å². The van der Waals surface area contributed by atoms with Gasteiger partial charge >= 0.3 is 0 Å². The molecule has 1 saturated carbocycles. The lowest BCUT2D eigenvalue weighted by Crippen LogP contribution is -2.33. The van der Waals surface area contributed by atoms with Crippen molar-refractivity contribution in [3.63, 3.8) is 0 Å². The summed E-state index contributed by atoms with van der Waals surface area (Å²) in [5.74, 6) is 2.49. The van der Waals surface area contributed by atoms with Crippen molar-refractivity contribution in [2.24, 2.45) is 5.92 Å². The van der Waals surface area contributed by atoms with Crippen LogP contribution in [0.1, 0.15) is 61.9 Å². The van der Waals surface area contributed by atoms with Gasteiger partial charge in [-0.3, -0.25) is 9.74 Å². The Morgan fingerprint density at radius 1 is 1.07 bits per heavy atom. The highest BCUT2D eigenvalue weighted by Crippen LogP contribution is 2.37. The number of rotatable bonds is 7. The number of hydrogen-bond acceptors (Lipinski definition) is 6. The highest BCUT2D eigenvalue weighted by Gasteiger charge is 2.42. The zero-order valence-electron chi connectivity index (χ0n) is 15.8. The zero-order valence-corrected chi connectivity index (χ0v) is 15.8. The molecule has 1 unspecified atom stereocenters. The highest BCUT2D eigenvalue weighted by molar-refractivity contribution is 5.13. The standard InChI is InChI=1S/C21H28N4O2/c1-2-5-17(6-3-1)14-26-25-15-24-13-18(25)10-11-19(24)21-23-22-20(27-21)12-9-16-7-4-8-16/h1-3,5-6,16,18-19H,4,7-15H2/t18-,19+/m1/s1. The first-order valence-electron chi connectivity index (χ1n) is 10.3. The number of hydroxylamine groups is 2. The van der Waals surface area contributed by atoms with E-state index in [0.717, 1.165) is 50.2 Å². The first-order chi connectivity index (χ1) is 13.3. The second kappa shape index (κ2) is 7.70. The normalized spacial score (nSPS) is 28.4. The third kappa shape index (κ3) is 3.79. The molecular formula is C21H28N4O2. The number of piperidine rings is 1. The van der Waals surface area contributed by atoms with Crippen LogP contribution in [0.25, 0.3) is 0 Å². The summed E-state index contributed by atoms with van der Waals surface area (Å²) in [7, 11) is 0. The number of benzene rings is 1. The fourth-order valence-corrected chi connectivity index (χ4v) is 4.48. The average molecular weight is 368 g/mol. The van der Waals surface area contributed by atoms with E-state index in [1.807, 2.05) is 6.07 Å². The van der Waals surface area contributed by atoms with E-state index in [-0.39, 0.29) is 6.04 Å². The van der Waals surface area contributed by atoms with Crippen LogP contribution in [0.5, 0.6) is 0 Å². The molecule has 1 aromatic carbocycles. The maximum absolute atomic E-state index is 6.10. The second-order valence-corrected chi connectivity index (χ2v) is 8.21. The molecular weight excluding hydrogens is 340 g/mol. The van der Waals surface area contributed by atoms with Crippen molar-refractivity contribution in [2.45, 2.75) is 63.6 Å². The first kappa shape index (κ1) is 17.3. The smallest absolute Gasteiger partial charge is 0.233 e. The summed E-state index contributed by atoms with van der Waals surface area (Å²) in [6, 6.07) is 11.1. The van der Waals surface area contributed by atoms with E-state index >= 15 is 0 Å². The van der Waals surface area contributed by atoms with Crippen molar-refractivity contribution in [3.05, 3.63) is 47.7 Å². The molecule has 1 aromatic heterocycles. The summed E-state index contributed by atoms with van der Waals surface area (Å²) < 4.78 is 6.03. The third-order valence-electron chi connectivity index (χ3n) is 6.39. The molecule has 5 rings (SSSR count). The Bertz CT molecular complexity index is 746. The van der Waals surface area contributed by atoms with Crippen LogP contribution >= 0.6 is 0 Å². The molecule has 3 aliphatic rings. The van der Waals surface area contributed by atoms with Crippen LogP contribution in [-0.4, -0.2) is 39.4 Å². The Labute approximate surface area is 160 Å². The number of hydrogen-bond donors (Lipinski definition) is 0. The summed E-state index contributed by atoms with van der Waals surface area (Å²) in [6.07, 6.45) is 8.42. The lowest BCUT2D eigenvalue weighted by molar-refractivity contribution is -0.182. The van der Waals surface area contributed by atoms with Crippen molar-refractivity contribution in [1.29, 1.82) is 0 Å². The second-order valence-electron chi connectivity index (χ2n) is 8.21. The molecule has 6 heteroatoms. The van der Waals surface area contributed by atoms with E-state index in [2.05, 4.69) is 44.4 Å². The van der Waals surface area contributed by atoms with Gasteiger partial charge in [-0.1, -0.05) is 49.6 Å². The molecule has 2 aromatic rings. The first-order valence-corrected chi connectivity index (χ1v) is 10.3. The molecule has 0 radical (unpaired) electrons. The minimum absolute atomic E-state index is 0.233. The summed E-state index contributed by atoms with van der Waals surface area (Å²) in [5.41, 5.74) is 1.21. The van der Waals surface area contributed by atoms with Gasteiger partial charge in [-0.15, -0.1) is 10.2 Å². The van der Waals surface area contributed by atoms with Gasteiger partial charge in [-0.25, -0.2) is 0 Å². The van der Waals surface area contributed by atoms with Crippen LogP contribution in [0.2, 0.25) is 0 Å². The molecule has 144 valence electrons. The molecule has 0 amide bonds. The van der Waals surface area contributed by atoms with E-state index in [0.29, 0.717) is 12.6 Å². The fraction of sp³-hybridized carbons (Fsp3) is 0.619. The Balaban J connectivity index is 1.17. The van der Waals surface area contributed by atoms with Crippen LogP contribution in [0.15, 0.2) is 34.7 Å². The van der Waals surface area contributed by atoms with Crippen molar-refractivity contribution < 1.29 is 9.25 Å². The third-order valence-corrected chi connectivity index (χ3v) is 6.39. The topological polar surface area (TPSA) is 54.6 Å². The zero-order chi connectivity index (χ0) is 18.1. The van der Waals surface area contributed by atoms with Gasteiger partial charge in [0.25, 0.3) is 0 Å². The van der Waals surface area contributed by atoms with E-state index in [4.69, 9.17) is 9.25 Å². The van der Waals surface area contributed by atoms with Crippen molar-refractivity contribution in [3.8, 4) is 0 Å². The Kier molecular flexibility index (Phi) is 4.95. The van der Waals surface area contributed by atoms with E-state index < -0.39 is 0 Å². The molecule has 3 heterocycles. The lowest BCUT2D eigenvalue weighted by atomic mass is 9.82. The van der Waals surface area contributed by atoms with Crippen LogP contribution in [0, 0.1) is 5.92 Å².